The van der Waals surface area contributed by atoms with Crippen LogP contribution in [0.3, 0.4) is 0 Å². The maximum Gasteiger partial charge on any atom is 0.321 e. The number of esters is 1. The van der Waals surface area contributed by atoms with E-state index in [-0.39, 0.29) is 18.4 Å². The van der Waals surface area contributed by atoms with Gasteiger partial charge < -0.3 is 10.1 Å². The summed E-state index contributed by atoms with van der Waals surface area (Å²) in [4.78, 5) is 28.7. The van der Waals surface area contributed by atoms with E-state index in [4.69, 9.17) is 4.74 Å². The molecule has 0 aromatic heterocycles. The number of benzene rings is 3. The van der Waals surface area contributed by atoms with Crippen LogP contribution in [0.4, 0.5) is 10.5 Å². The second-order valence-corrected chi connectivity index (χ2v) is 9.34. The molecule has 184 valence electrons. The van der Waals surface area contributed by atoms with Crippen LogP contribution in [0.15, 0.2) is 88.7 Å². The molecule has 6 heteroatoms. The Morgan fingerprint density at radius 1 is 0.886 bits per heavy atom. The number of carbonyl (C=O) groups is 2. The van der Waals surface area contributed by atoms with Gasteiger partial charge in [-0.3, -0.25) is 9.69 Å². The van der Waals surface area contributed by atoms with E-state index in [1.807, 2.05) is 72.5 Å². The second-order valence-electron chi connectivity index (χ2n) is 8.20. The summed E-state index contributed by atoms with van der Waals surface area (Å²) >= 11 is 1.63. The van der Waals surface area contributed by atoms with Crippen molar-refractivity contribution in [2.24, 2.45) is 0 Å². The number of hydrogen-bond donors (Lipinski definition) is 1. The van der Waals surface area contributed by atoms with Crippen LogP contribution < -0.4 is 10.2 Å². The molecule has 0 saturated carbocycles. The van der Waals surface area contributed by atoms with Crippen molar-refractivity contribution >= 4 is 29.4 Å². The van der Waals surface area contributed by atoms with Gasteiger partial charge in [0.25, 0.3) is 0 Å². The first kappa shape index (κ1) is 26.4. The van der Waals surface area contributed by atoms with Crippen LogP contribution in [-0.4, -0.2) is 31.7 Å². The van der Waals surface area contributed by atoms with Gasteiger partial charge in [0, 0.05) is 28.6 Å². The van der Waals surface area contributed by atoms with Gasteiger partial charge in [0.2, 0.25) is 0 Å². The van der Waals surface area contributed by atoms with Crippen molar-refractivity contribution in [1.29, 1.82) is 0 Å². The van der Waals surface area contributed by atoms with Gasteiger partial charge in [-0.25, -0.2) is 4.79 Å². The zero-order chi connectivity index (χ0) is 24.9. The largest absolute Gasteiger partial charge is 0.466 e. The summed E-state index contributed by atoms with van der Waals surface area (Å²) in [6.07, 6.45) is 3.05. The van der Waals surface area contributed by atoms with Gasteiger partial charge in [0.05, 0.1) is 13.0 Å². The number of urea groups is 1. The Hall–Kier alpha value is -3.25. The first-order chi connectivity index (χ1) is 17.1. The molecule has 3 aromatic rings. The number of amides is 2. The summed E-state index contributed by atoms with van der Waals surface area (Å²) in [7, 11) is 0. The minimum absolute atomic E-state index is 0.0696. The molecule has 35 heavy (non-hydrogen) atoms. The molecule has 5 nitrogen and oxygen atoms in total. The molecular formula is C29H34N2O3S. The summed E-state index contributed by atoms with van der Waals surface area (Å²) < 4.78 is 5.02. The lowest BCUT2D eigenvalue weighted by molar-refractivity contribution is -0.142. The fraction of sp³-hybridized carbons (Fsp3) is 0.310. The molecule has 0 radical (unpaired) electrons. The quantitative estimate of drug-likeness (QED) is 0.232. The van der Waals surface area contributed by atoms with E-state index in [1.165, 1.54) is 5.56 Å². The van der Waals surface area contributed by atoms with E-state index in [0.29, 0.717) is 19.7 Å². The molecule has 0 aliphatic carbocycles. The Balaban J connectivity index is 1.71. The molecule has 0 fully saturated rings. The summed E-state index contributed by atoms with van der Waals surface area (Å²) in [6, 6.07) is 26.2. The van der Waals surface area contributed by atoms with Gasteiger partial charge in [-0.1, -0.05) is 73.6 Å². The van der Waals surface area contributed by atoms with E-state index in [1.54, 1.807) is 11.8 Å². The van der Waals surface area contributed by atoms with Gasteiger partial charge in [-0.15, -0.1) is 0 Å². The number of carbonyl (C=O) groups excluding carboxylic acids is 2. The third kappa shape index (κ3) is 8.80. The number of hydrogen-bond acceptors (Lipinski definition) is 4. The molecule has 0 unspecified atom stereocenters. The Bertz CT molecular complexity index is 1070. The van der Waals surface area contributed by atoms with Gasteiger partial charge in [-0.05, 0) is 61.2 Å². The fourth-order valence-corrected chi connectivity index (χ4v) is 4.48. The van der Waals surface area contributed by atoms with Gasteiger partial charge >= 0.3 is 12.0 Å². The zero-order valence-electron chi connectivity index (χ0n) is 20.5. The van der Waals surface area contributed by atoms with Crippen molar-refractivity contribution in [3.63, 3.8) is 0 Å². The van der Waals surface area contributed by atoms with Crippen molar-refractivity contribution in [1.82, 2.24) is 5.32 Å². The zero-order valence-corrected chi connectivity index (χ0v) is 21.4. The minimum Gasteiger partial charge on any atom is -0.466 e. The van der Waals surface area contributed by atoms with E-state index in [0.717, 1.165) is 40.3 Å². The molecule has 0 saturated heterocycles. The molecule has 0 atom stereocenters. The van der Waals surface area contributed by atoms with Crippen molar-refractivity contribution < 1.29 is 14.3 Å². The van der Waals surface area contributed by atoms with Crippen molar-refractivity contribution in [3.05, 3.63) is 90.0 Å². The molecule has 1 N–H and O–H groups in total. The van der Waals surface area contributed by atoms with E-state index < -0.39 is 0 Å². The highest BCUT2D eigenvalue weighted by Crippen LogP contribution is 2.31. The standard InChI is InChI=1S/C29H34N2O3S/c1-3-5-19-30-29(33)31(20-18-23-10-7-6-8-11-23)25-12-9-13-27(22-25)35-26-16-14-24(15-17-26)21-28(32)34-4-2/h6-17,22H,3-5,18-21H2,1-2H3,(H,30,33). The normalized spacial score (nSPS) is 10.6. The summed E-state index contributed by atoms with van der Waals surface area (Å²) in [5.74, 6) is -0.214. The molecule has 0 aliphatic heterocycles. The van der Waals surface area contributed by atoms with Crippen molar-refractivity contribution in [3.8, 4) is 0 Å². The van der Waals surface area contributed by atoms with Gasteiger partial charge in [0.1, 0.15) is 0 Å². The Kier molecular flexibility index (Phi) is 10.7. The first-order valence-corrected chi connectivity index (χ1v) is 13.0. The average Bonchev–Trinajstić information content (AvgIpc) is 2.87. The number of ether oxygens (including phenoxy) is 1. The predicted octanol–water partition coefficient (Wildman–Crippen LogP) is 6.50. The van der Waals surface area contributed by atoms with E-state index in [9.17, 15) is 9.59 Å². The van der Waals surface area contributed by atoms with Crippen LogP contribution in [0.1, 0.15) is 37.8 Å². The second kappa shape index (κ2) is 14.2. The number of nitrogens with one attached hydrogen (secondary N) is 1. The topological polar surface area (TPSA) is 58.6 Å². The van der Waals surface area contributed by atoms with E-state index >= 15 is 0 Å². The van der Waals surface area contributed by atoms with Gasteiger partial charge in [-0.2, -0.15) is 0 Å². The average molecular weight is 491 g/mol. The lowest BCUT2D eigenvalue weighted by atomic mass is 10.1. The van der Waals surface area contributed by atoms with Crippen LogP contribution in [0, 0.1) is 0 Å². The lowest BCUT2D eigenvalue weighted by Crippen LogP contribution is -2.41. The SMILES string of the molecule is CCCCNC(=O)N(CCc1ccccc1)c1cccc(Sc2ccc(CC(=O)OCC)cc2)c1. The number of nitrogens with zero attached hydrogens (tertiary/aromatic N) is 1. The molecule has 2 amide bonds. The maximum atomic E-state index is 13.1. The van der Waals surface area contributed by atoms with Crippen LogP contribution >= 0.6 is 11.8 Å². The monoisotopic (exact) mass is 490 g/mol. The number of unbranched alkanes of at least 4 members (excludes halogenated alkanes) is 1. The Morgan fingerprint density at radius 2 is 1.66 bits per heavy atom. The number of anilines is 1. The highest BCUT2D eigenvalue weighted by molar-refractivity contribution is 7.99. The minimum atomic E-state index is -0.214. The summed E-state index contributed by atoms with van der Waals surface area (Å²) in [5.41, 5.74) is 3.00. The summed E-state index contributed by atoms with van der Waals surface area (Å²) in [6.45, 7) is 5.58. The maximum absolute atomic E-state index is 13.1. The third-order valence-electron chi connectivity index (χ3n) is 5.46. The third-order valence-corrected chi connectivity index (χ3v) is 6.46. The first-order valence-electron chi connectivity index (χ1n) is 12.2. The van der Waals surface area contributed by atoms with Crippen molar-refractivity contribution in [2.45, 2.75) is 49.3 Å². The Morgan fingerprint density at radius 3 is 2.37 bits per heavy atom. The molecule has 0 heterocycles. The molecular weight excluding hydrogens is 456 g/mol. The van der Waals surface area contributed by atoms with Crippen molar-refractivity contribution in [2.75, 3.05) is 24.6 Å². The lowest BCUT2D eigenvalue weighted by Gasteiger charge is -2.24. The van der Waals surface area contributed by atoms with Crippen LogP contribution in [-0.2, 0) is 22.4 Å². The fourth-order valence-electron chi connectivity index (χ4n) is 3.61. The molecule has 3 rings (SSSR count). The summed E-state index contributed by atoms with van der Waals surface area (Å²) in [5, 5.41) is 3.06. The van der Waals surface area contributed by atoms with Crippen LogP contribution in [0.5, 0.6) is 0 Å². The van der Waals surface area contributed by atoms with Gasteiger partial charge in [0.15, 0.2) is 0 Å². The highest BCUT2D eigenvalue weighted by atomic mass is 32.2. The van der Waals surface area contributed by atoms with Crippen LogP contribution in [0.2, 0.25) is 0 Å². The van der Waals surface area contributed by atoms with E-state index in [2.05, 4.69) is 30.4 Å². The molecule has 0 bridgehead atoms. The van der Waals surface area contributed by atoms with Crippen LogP contribution in [0.25, 0.3) is 0 Å². The molecule has 0 spiro atoms. The molecule has 0 aliphatic rings. The Labute approximate surface area is 212 Å². The number of rotatable bonds is 12. The predicted molar refractivity (Wildman–Crippen MR) is 143 cm³/mol. The smallest absolute Gasteiger partial charge is 0.321 e. The molecule has 3 aromatic carbocycles. The highest BCUT2D eigenvalue weighted by Gasteiger charge is 2.16.